The second-order valence-corrected chi connectivity index (χ2v) is 6.38. The van der Waals surface area contributed by atoms with Gasteiger partial charge in [0.2, 0.25) is 3.79 Å². The van der Waals surface area contributed by atoms with Crippen molar-refractivity contribution in [3.05, 3.63) is 36.2 Å². The summed E-state index contributed by atoms with van der Waals surface area (Å²) < 4.78 is -1.73. The number of nitrogens with two attached hydrogens (primary N) is 1. The molecule has 0 amide bonds. The molecule has 0 bridgehead atoms. The minimum Gasteiger partial charge on any atom is -0.383 e. The van der Waals surface area contributed by atoms with Gasteiger partial charge in [-0.3, -0.25) is 5.10 Å². The molecular formula is C12H8Cl3N5. The molecule has 3 rings (SSSR count). The zero-order valence-electron chi connectivity index (χ0n) is 9.94. The lowest BCUT2D eigenvalue weighted by Gasteiger charge is -2.11. The normalized spacial score (nSPS) is 11.9. The highest BCUT2D eigenvalue weighted by Gasteiger charge is 2.29. The number of H-pyrrole nitrogens is 1. The fraction of sp³-hybridized carbons (Fsp3) is 0.0833. The molecule has 102 valence electrons. The summed E-state index contributed by atoms with van der Waals surface area (Å²) in [4.78, 5) is 8.45. The zero-order chi connectivity index (χ0) is 14.3. The third-order valence-electron chi connectivity index (χ3n) is 2.74. The van der Waals surface area contributed by atoms with Crippen LogP contribution < -0.4 is 5.73 Å². The number of hydrogen-bond donors (Lipinski definition) is 2. The van der Waals surface area contributed by atoms with Gasteiger partial charge in [-0.2, -0.15) is 5.10 Å². The van der Waals surface area contributed by atoms with Crippen molar-refractivity contribution in [1.29, 1.82) is 0 Å². The highest BCUT2D eigenvalue weighted by molar-refractivity contribution is 6.66. The molecule has 3 N–H and O–H groups in total. The highest BCUT2D eigenvalue weighted by Crippen LogP contribution is 2.38. The third kappa shape index (κ3) is 2.28. The minimum absolute atomic E-state index is 0.0559. The molecule has 0 atom stereocenters. The third-order valence-corrected chi connectivity index (χ3v) is 3.25. The number of nitrogens with one attached hydrogen (secondary N) is 1. The van der Waals surface area contributed by atoms with E-state index in [4.69, 9.17) is 40.5 Å². The monoisotopic (exact) mass is 327 g/mol. The quantitative estimate of drug-likeness (QED) is 0.671. The van der Waals surface area contributed by atoms with Crippen LogP contribution in [-0.2, 0) is 3.79 Å². The van der Waals surface area contributed by atoms with Crippen LogP contribution in [0.5, 0.6) is 0 Å². The first-order chi connectivity index (χ1) is 9.47. The molecule has 8 heteroatoms. The molecule has 0 aliphatic rings. The molecule has 3 aromatic rings. The van der Waals surface area contributed by atoms with E-state index in [9.17, 15) is 0 Å². The zero-order valence-corrected chi connectivity index (χ0v) is 12.2. The Balaban J connectivity index is 2.36. The number of nitrogens with zero attached hydrogens (tertiary/aromatic N) is 3. The first-order valence-corrected chi connectivity index (χ1v) is 6.74. The number of fused-ring (bicyclic) bond motifs is 1. The van der Waals surface area contributed by atoms with Crippen LogP contribution in [0, 0.1) is 0 Å². The van der Waals surface area contributed by atoms with Gasteiger partial charge < -0.3 is 5.73 Å². The Morgan fingerprint density at radius 3 is 2.40 bits per heavy atom. The maximum Gasteiger partial charge on any atom is 0.250 e. The average Bonchev–Trinajstić information content (AvgIpc) is 2.80. The van der Waals surface area contributed by atoms with Crippen molar-refractivity contribution >= 4 is 51.7 Å². The first-order valence-electron chi connectivity index (χ1n) is 5.61. The molecule has 0 aliphatic heterocycles. The molecule has 2 heterocycles. The number of nitrogen functional groups attached to an aromatic ring is 1. The van der Waals surface area contributed by atoms with Gasteiger partial charge in [-0.25, -0.2) is 9.97 Å². The van der Waals surface area contributed by atoms with Crippen molar-refractivity contribution in [1.82, 2.24) is 20.2 Å². The lowest BCUT2D eigenvalue weighted by Crippen LogP contribution is -2.08. The molecule has 0 radical (unpaired) electrons. The van der Waals surface area contributed by atoms with Crippen LogP contribution in [0.3, 0.4) is 0 Å². The van der Waals surface area contributed by atoms with Crippen LogP contribution in [0.4, 0.5) is 5.82 Å². The van der Waals surface area contributed by atoms with E-state index in [1.807, 2.05) is 30.3 Å². The molecule has 0 saturated heterocycles. The van der Waals surface area contributed by atoms with Crippen LogP contribution in [0.2, 0.25) is 0 Å². The topological polar surface area (TPSA) is 80.5 Å². The number of alkyl halides is 3. The summed E-state index contributed by atoms with van der Waals surface area (Å²) in [5.41, 5.74) is 7.64. The molecule has 0 fully saturated rings. The predicted molar refractivity (Wildman–Crippen MR) is 80.8 cm³/mol. The number of halogens is 3. The van der Waals surface area contributed by atoms with E-state index in [1.54, 1.807) is 0 Å². The number of anilines is 1. The maximum absolute atomic E-state index is 5.88. The average molecular weight is 329 g/mol. The van der Waals surface area contributed by atoms with E-state index in [2.05, 4.69) is 20.2 Å². The number of aromatic amines is 1. The summed E-state index contributed by atoms with van der Waals surface area (Å²) in [6, 6.07) is 9.44. The Morgan fingerprint density at radius 1 is 1.05 bits per heavy atom. The van der Waals surface area contributed by atoms with Gasteiger partial charge in [-0.15, -0.1) is 0 Å². The number of hydrogen-bond acceptors (Lipinski definition) is 4. The Labute approximate surface area is 129 Å². The molecule has 2 aromatic heterocycles. The van der Waals surface area contributed by atoms with Gasteiger partial charge in [-0.1, -0.05) is 65.1 Å². The SMILES string of the molecule is Nc1[nH]nc2nc(C(Cl)(Cl)Cl)nc(-c3ccccc3)c12. The van der Waals surface area contributed by atoms with Gasteiger partial charge >= 0.3 is 0 Å². The van der Waals surface area contributed by atoms with Crippen LogP contribution in [0.1, 0.15) is 5.82 Å². The predicted octanol–water partition coefficient (Wildman–Crippen LogP) is 3.43. The summed E-state index contributed by atoms with van der Waals surface area (Å²) in [6.45, 7) is 0. The largest absolute Gasteiger partial charge is 0.383 e. The van der Waals surface area contributed by atoms with Gasteiger partial charge in [0.05, 0.1) is 11.1 Å². The lowest BCUT2D eigenvalue weighted by atomic mass is 10.1. The van der Waals surface area contributed by atoms with Crippen LogP contribution >= 0.6 is 34.8 Å². The molecule has 0 unspecified atom stereocenters. The molecule has 0 aliphatic carbocycles. The van der Waals surface area contributed by atoms with Crippen molar-refractivity contribution in [2.24, 2.45) is 0 Å². The van der Waals surface area contributed by atoms with Gasteiger partial charge in [0.25, 0.3) is 0 Å². The van der Waals surface area contributed by atoms with E-state index in [0.29, 0.717) is 22.5 Å². The first kappa shape index (κ1) is 13.4. The van der Waals surface area contributed by atoms with E-state index in [-0.39, 0.29) is 5.82 Å². The van der Waals surface area contributed by atoms with Crippen LogP contribution in [0.25, 0.3) is 22.3 Å². The Morgan fingerprint density at radius 2 is 1.75 bits per heavy atom. The highest BCUT2D eigenvalue weighted by atomic mass is 35.6. The maximum atomic E-state index is 5.88. The molecule has 1 aromatic carbocycles. The molecular weight excluding hydrogens is 321 g/mol. The summed E-state index contributed by atoms with van der Waals surface area (Å²) in [6.07, 6.45) is 0. The van der Waals surface area contributed by atoms with Gasteiger partial charge in [0.15, 0.2) is 11.5 Å². The standard InChI is InChI=1S/C12H8Cl3N5/c13-12(14,15)11-17-8(6-4-2-1-3-5-6)7-9(16)19-20-10(7)18-11/h1-5H,(H3,16,17,18,19,20). The minimum atomic E-state index is -1.73. The summed E-state index contributed by atoms with van der Waals surface area (Å²) in [7, 11) is 0. The lowest BCUT2D eigenvalue weighted by molar-refractivity contribution is 0.983. The smallest absolute Gasteiger partial charge is 0.250 e. The van der Waals surface area contributed by atoms with E-state index in [0.717, 1.165) is 5.56 Å². The van der Waals surface area contributed by atoms with Crippen LogP contribution in [0.15, 0.2) is 30.3 Å². The molecule has 5 nitrogen and oxygen atoms in total. The Bertz CT molecular complexity index is 764. The Kier molecular flexibility index (Phi) is 3.20. The summed E-state index contributed by atoms with van der Waals surface area (Å²) >= 11 is 17.6. The number of aromatic nitrogens is 4. The van der Waals surface area contributed by atoms with Gasteiger partial charge in [-0.05, 0) is 0 Å². The molecule has 0 spiro atoms. The Hall–Kier alpha value is -1.56. The second kappa shape index (κ2) is 4.77. The van der Waals surface area contributed by atoms with Crippen molar-refractivity contribution in [2.45, 2.75) is 3.79 Å². The van der Waals surface area contributed by atoms with E-state index < -0.39 is 3.79 Å². The fourth-order valence-electron chi connectivity index (χ4n) is 1.88. The van der Waals surface area contributed by atoms with Crippen molar-refractivity contribution in [3.63, 3.8) is 0 Å². The van der Waals surface area contributed by atoms with Crippen molar-refractivity contribution < 1.29 is 0 Å². The summed E-state index contributed by atoms with van der Waals surface area (Å²) in [5, 5.41) is 7.27. The molecule has 0 saturated carbocycles. The van der Waals surface area contributed by atoms with Crippen molar-refractivity contribution in [3.8, 4) is 11.3 Å². The number of rotatable bonds is 1. The van der Waals surface area contributed by atoms with E-state index >= 15 is 0 Å². The van der Waals surface area contributed by atoms with Crippen LogP contribution in [-0.4, -0.2) is 20.2 Å². The fourth-order valence-corrected chi connectivity index (χ4v) is 2.13. The van der Waals surface area contributed by atoms with E-state index in [1.165, 1.54) is 0 Å². The number of benzene rings is 1. The molecule has 20 heavy (non-hydrogen) atoms. The second-order valence-electron chi connectivity index (χ2n) is 4.10. The van der Waals surface area contributed by atoms with Gasteiger partial charge in [0, 0.05) is 5.56 Å². The van der Waals surface area contributed by atoms with Gasteiger partial charge in [0.1, 0.15) is 5.82 Å². The summed E-state index contributed by atoms with van der Waals surface area (Å²) in [5.74, 6) is 0.426. The van der Waals surface area contributed by atoms with Crippen molar-refractivity contribution in [2.75, 3.05) is 5.73 Å².